The summed E-state index contributed by atoms with van der Waals surface area (Å²) >= 11 is 0. The van der Waals surface area contributed by atoms with Gasteiger partial charge in [-0.2, -0.15) is 0 Å². The highest BCUT2D eigenvalue weighted by Gasteiger charge is 2.12. The van der Waals surface area contributed by atoms with E-state index in [0.29, 0.717) is 19.3 Å². The van der Waals surface area contributed by atoms with Gasteiger partial charge in [-0.15, -0.1) is 11.8 Å². The molecular formula is C15H16F. The van der Waals surface area contributed by atoms with Crippen LogP contribution in [0.4, 0.5) is 4.39 Å². The second-order valence-electron chi connectivity index (χ2n) is 3.45. The standard InChI is InChI=1S/C15H16F/c1-4-6-8-12-15(5-2)14(3)11-9-7-10-13-16/h4,14-15H,1,10-13H2,3H3. The molecule has 0 aliphatic rings. The third-order valence-electron chi connectivity index (χ3n) is 2.17. The summed E-state index contributed by atoms with van der Waals surface area (Å²) in [5.74, 6) is 14.0. The van der Waals surface area contributed by atoms with Crippen molar-refractivity contribution in [2.75, 3.05) is 6.67 Å². The molecular weight excluding hydrogens is 199 g/mol. The molecule has 0 aromatic heterocycles. The van der Waals surface area contributed by atoms with Crippen LogP contribution in [0, 0.1) is 47.9 Å². The van der Waals surface area contributed by atoms with E-state index in [1.54, 1.807) is 0 Å². The van der Waals surface area contributed by atoms with Crippen LogP contribution in [-0.4, -0.2) is 6.67 Å². The quantitative estimate of drug-likeness (QED) is 0.632. The van der Waals surface area contributed by atoms with Gasteiger partial charge in [0.25, 0.3) is 0 Å². The first-order valence-electron chi connectivity index (χ1n) is 5.29. The van der Waals surface area contributed by atoms with E-state index in [1.807, 2.05) is 6.92 Å². The topological polar surface area (TPSA) is 0 Å². The fourth-order valence-electron chi connectivity index (χ4n) is 1.15. The zero-order valence-corrected chi connectivity index (χ0v) is 9.65. The van der Waals surface area contributed by atoms with Gasteiger partial charge >= 0.3 is 0 Å². The Morgan fingerprint density at radius 1 is 1.31 bits per heavy atom. The number of allylic oxidation sites excluding steroid dienone is 1. The summed E-state index contributed by atoms with van der Waals surface area (Å²) in [6, 6.07) is 0. The van der Waals surface area contributed by atoms with E-state index >= 15 is 0 Å². The smallest absolute Gasteiger partial charge is 0.100 e. The molecule has 1 radical (unpaired) electrons. The van der Waals surface area contributed by atoms with Gasteiger partial charge in [0.1, 0.15) is 6.67 Å². The molecule has 2 atom stereocenters. The highest BCUT2D eigenvalue weighted by atomic mass is 19.1. The molecule has 0 heterocycles. The number of halogens is 1. The Balaban J connectivity index is 4.12. The van der Waals surface area contributed by atoms with E-state index in [9.17, 15) is 4.39 Å². The van der Waals surface area contributed by atoms with Crippen molar-refractivity contribution in [2.45, 2.75) is 26.2 Å². The zero-order valence-electron chi connectivity index (χ0n) is 9.65. The lowest BCUT2D eigenvalue weighted by Crippen LogP contribution is -2.08. The molecule has 0 rings (SSSR count). The fourth-order valence-corrected chi connectivity index (χ4v) is 1.15. The van der Waals surface area contributed by atoms with Crippen LogP contribution < -0.4 is 0 Å². The fraction of sp³-hybridized carbons (Fsp3) is 0.467. The maximum atomic E-state index is 11.8. The summed E-state index contributed by atoms with van der Waals surface area (Å²) in [6.07, 6.45) is 10.3. The van der Waals surface area contributed by atoms with E-state index < -0.39 is 6.67 Å². The molecule has 0 bridgehead atoms. The summed E-state index contributed by atoms with van der Waals surface area (Å²) < 4.78 is 11.8. The van der Waals surface area contributed by atoms with Gasteiger partial charge in [0, 0.05) is 25.2 Å². The molecule has 0 aliphatic heterocycles. The predicted molar refractivity (Wildman–Crippen MR) is 65.4 cm³/mol. The lowest BCUT2D eigenvalue weighted by molar-refractivity contribution is 0.460. The molecule has 0 N–H and O–H groups in total. The Bertz CT molecular complexity index is 351. The molecule has 0 nitrogen and oxygen atoms in total. The number of hydrogen-bond acceptors (Lipinski definition) is 0. The molecule has 1 heteroatoms. The highest BCUT2D eigenvalue weighted by Crippen LogP contribution is 2.17. The lowest BCUT2D eigenvalue weighted by atomic mass is 9.89. The van der Waals surface area contributed by atoms with Crippen LogP contribution >= 0.6 is 0 Å². The van der Waals surface area contributed by atoms with Crippen molar-refractivity contribution < 1.29 is 4.39 Å². The van der Waals surface area contributed by atoms with Crippen LogP contribution in [0.5, 0.6) is 0 Å². The van der Waals surface area contributed by atoms with E-state index in [4.69, 9.17) is 6.42 Å². The highest BCUT2D eigenvalue weighted by molar-refractivity contribution is 5.14. The first-order chi connectivity index (χ1) is 7.76. The summed E-state index contributed by atoms with van der Waals surface area (Å²) in [5, 5.41) is 0. The minimum Gasteiger partial charge on any atom is -0.250 e. The molecule has 0 aromatic carbocycles. The third-order valence-corrected chi connectivity index (χ3v) is 2.17. The Labute approximate surface area is 98.3 Å². The molecule has 0 aromatic rings. The SMILES string of the molecule is [C]#CC(CC#CC=C)C(C)CC#CCCF. The van der Waals surface area contributed by atoms with E-state index in [2.05, 4.69) is 36.2 Å². The molecule has 0 amide bonds. The second-order valence-corrected chi connectivity index (χ2v) is 3.45. The average molecular weight is 215 g/mol. The van der Waals surface area contributed by atoms with Crippen LogP contribution in [-0.2, 0) is 0 Å². The zero-order chi connectivity index (χ0) is 12.2. The van der Waals surface area contributed by atoms with Gasteiger partial charge in [-0.1, -0.05) is 31.3 Å². The maximum Gasteiger partial charge on any atom is 0.100 e. The molecule has 0 aliphatic carbocycles. The number of alkyl halides is 1. The minimum atomic E-state index is -0.397. The van der Waals surface area contributed by atoms with Gasteiger partial charge in [0.15, 0.2) is 0 Å². The average Bonchev–Trinajstić information content (AvgIpc) is 2.30. The van der Waals surface area contributed by atoms with Crippen molar-refractivity contribution in [3.05, 3.63) is 19.1 Å². The summed E-state index contributed by atoms with van der Waals surface area (Å²) in [6.45, 7) is 5.11. The molecule has 0 spiro atoms. The lowest BCUT2D eigenvalue weighted by Gasteiger charge is -2.13. The molecule has 2 unspecified atom stereocenters. The number of hydrogen-bond donors (Lipinski definition) is 0. The van der Waals surface area contributed by atoms with Crippen LogP contribution in [0.25, 0.3) is 0 Å². The van der Waals surface area contributed by atoms with Gasteiger partial charge in [-0.25, -0.2) is 0 Å². The van der Waals surface area contributed by atoms with Crippen molar-refractivity contribution in [3.63, 3.8) is 0 Å². The van der Waals surface area contributed by atoms with Crippen molar-refractivity contribution in [3.8, 4) is 29.6 Å². The minimum absolute atomic E-state index is 0.00729. The number of rotatable bonds is 4. The Hall–Kier alpha value is -1.65. The summed E-state index contributed by atoms with van der Waals surface area (Å²) in [7, 11) is 0. The van der Waals surface area contributed by atoms with Crippen LogP contribution in [0.2, 0.25) is 0 Å². The van der Waals surface area contributed by atoms with Gasteiger partial charge in [-0.3, -0.25) is 4.39 Å². The van der Waals surface area contributed by atoms with Crippen molar-refractivity contribution in [1.29, 1.82) is 0 Å². The van der Waals surface area contributed by atoms with Crippen LogP contribution in [0.15, 0.2) is 12.7 Å². The molecule has 0 fully saturated rings. The normalized spacial score (nSPS) is 12.1. The van der Waals surface area contributed by atoms with Crippen molar-refractivity contribution >= 4 is 0 Å². The first kappa shape index (κ1) is 14.3. The van der Waals surface area contributed by atoms with Gasteiger partial charge in [0.2, 0.25) is 0 Å². The largest absolute Gasteiger partial charge is 0.250 e. The molecule has 0 saturated heterocycles. The van der Waals surface area contributed by atoms with Crippen LogP contribution in [0.3, 0.4) is 0 Å². The molecule has 16 heavy (non-hydrogen) atoms. The maximum absolute atomic E-state index is 11.8. The Morgan fingerprint density at radius 3 is 2.62 bits per heavy atom. The monoisotopic (exact) mass is 215 g/mol. The Kier molecular flexibility index (Phi) is 8.87. The van der Waals surface area contributed by atoms with Gasteiger partial charge < -0.3 is 0 Å². The van der Waals surface area contributed by atoms with Crippen LogP contribution in [0.1, 0.15) is 26.2 Å². The van der Waals surface area contributed by atoms with E-state index in [1.165, 1.54) is 6.08 Å². The summed E-state index contributed by atoms with van der Waals surface area (Å²) in [5.41, 5.74) is 0. The predicted octanol–water partition coefficient (Wildman–Crippen LogP) is 3.16. The van der Waals surface area contributed by atoms with Crippen molar-refractivity contribution in [2.24, 2.45) is 11.8 Å². The van der Waals surface area contributed by atoms with Gasteiger partial charge in [-0.05, 0) is 18.4 Å². The second kappa shape index (κ2) is 9.89. The van der Waals surface area contributed by atoms with E-state index in [0.717, 1.165) is 0 Å². The Morgan fingerprint density at radius 2 is 2.06 bits per heavy atom. The van der Waals surface area contributed by atoms with E-state index in [-0.39, 0.29) is 11.8 Å². The first-order valence-corrected chi connectivity index (χ1v) is 5.29. The van der Waals surface area contributed by atoms with Crippen molar-refractivity contribution in [1.82, 2.24) is 0 Å². The summed E-state index contributed by atoms with van der Waals surface area (Å²) in [4.78, 5) is 0. The van der Waals surface area contributed by atoms with Gasteiger partial charge in [0.05, 0.1) is 0 Å². The molecule has 83 valence electrons. The third kappa shape index (κ3) is 6.75. The molecule has 0 saturated carbocycles.